The number of benzene rings is 2. The number of ether oxygens (including phenoxy) is 4. The Balaban J connectivity index is 1.99. The summed E-state index contributed by atoms with van der Waals surface area (Å²) in [6.07, 6.45) is -14.4. The molecule has 0 saturated carbocycles. The first kappa shape index (κ1) is 31.9. The second-order valence-corrected chi connectivity index (χ2v) is 9.24. The zero-order valence-corrected chi connectivity index (χ0v) is 22.5. The van der Waals surface area contributed by atoms with E-state index in [1.54, 1.807) is 54.6 Å². The van der Waals surface area contributed by atoms with E-state index >= 15 is 0 Å². The lowest BCUT2D eigenvalue weighted by molar-refractivity contribution is -0.292. The summed E-state index contributed by atoms with van der Waals surface area (Å²) in [7, 11) is 1.05. The van der Waals surface area contributed by atoms with E-state index in [9.17, 15) is 33.3 Å². The van der Waals surface area contributed by atoms with Crippen LogP contribution in [0.2, 0.25) is 0 Å². The lowest BCUT2D eigenvalue weighted by atomic mass is 9.98. The summed E-state index contributed by atoms with van der Waals surface area (Å²) in [6.45, 7) is 1.01. The molecule has 1 aliphatic rings. The highest BCUT2D eigenvalue weighted by Gasteiger charge is 2.46. The Labute approximate surface area is 234 Å². The van der Waals surface area contributed by atoms with Gasteiger partial charge in [-0.3, -0.25) is 4.99 Å². The number of hydrogen-bond acceptors (Lipinski definition) is 10. The van der Waals surface area contributed by atoms with Gasteiger partial charge in [0.1, 0.15) is 36.7 Å². The number of hydrogen-bond donors (Lipinski definition) is 4. The molecule has 5 atom stereocenters. The molecule has 1 saturated heterocycles. The van der Waals surface area contributed by atoms with Crippen LogP contribution in [0.5, 0.6) is 0 Å². The van der Waals surface area contributed by atoms with Crippen LogP contribution >= 0.6 is 0 Å². The minimum Gasteiger partial charge on any atom is -0.447 e. The molecule has 0 aliphatic carbocycles. The van der Waals surface area contributed by atoms with Crippen molar-refractivity contribution in [3.63, 3.8) is 0 Å². The number of allylic oxidation sites excluding steroid dienone is 1. The van der Waals surface area contributed by atoms with Gasteiger partial charge in [0, 0.05) is 12.0 Å². The Hall–Kier alpha value is -3.65. The molecule has 224 valence electrons. The number of carbonyl (C=O) groups is 1. The van der Waals surface area contributed by atoms with E-state index in [-0.39, 0.29) is 13.0 Å². The molecule has 1 heterocycles. The third-order valence-corrected chi connectivity index (χ3v) is 6.37. The molecule has 0 amide bonds. The average Bonchev–Trinajstić information content (AvgIpc) is 2.96. The van der Waals surface area contributed by atoms with Crippen molar-refractivity contribution in [2.24, 2.45) is 10.7 Å². The predicted octanol–water partition coefficient (Wildman–Crippen LogP) is 2.77. The van der Waals surface area contributed by atoms with Crippen LogP contribution < -0.4 is 5.73 Å². The van der Waals surface area contributed by atoms with Crippen LogP contribution in [0, 0.1) is 0 Å². The number of aliphatic hydroxyl groups is 3. The van der Waals surface area contributed by atoms with Crippen LogP contribution in [0.1, 0.15) is 23.6 Å². The third-order valence-electron chi connectivity index (χ3n) is 6.37. The molecule has 3 rings (SSSR count). The molecule has 5 N–H and O–H groups in total. The molecule has 2 aromatic carbocycles. The quantitative estimate of drug-likeness (QED) is 0.188. The van der Waals surface area contributed by atoms with Gasteiger partial charge in [0.05, 0.1) is 13.7 Å². The van der Waals surface area contributed by atoms with E-state index in [2.05, 4.69) is 9.73 Å². The Kier molecular flexibility index (Phi) is 11.1. The summed E-state index contributed by atoms with van der Waals surface area (Å²) in [5.41, 5.74) is 6.24. The molecule has 0 radical (unpaired) electrons. The zero-order valence-electron chi connectivity index (χ0n) is 22.5. The Morgan fingerprint density at radius 2 is 1.61 bits per heavy atom. The van der Waals surface area contributed by atoms with Gasteiger partial charge in [0.25, 0.3) is 0 Å². The van der Waals surface area contributed by atoms with Gasteiger partial charge in [-0.25, -0.2) is 4.79 Å². The van der Waals surface area contributed by atoms with Gasteiger partial charge in [0.2, 0.25) is 6.29 Å². The molecule has 0 spiro atoms. The van der Waals surface area contributed by atoms with Crippen LogP contribution in [0.25, 0.3) is 0 Å². The molecule has 0 bridgehead atoms. The normalized spacial score (nSPS) is 23.9. The maximum Gasteiger partial charge on any atom is 0.508 e. The van der Waals surface area contributed by atoms with Crippen LogP contribution in [0.3, 0.4) is 0 Å². The number of nitrogens with two attached hydrogens (primary N) is 1. The number of carbonyl (C=O) groups excluding carboxylic acids is 1. The van der Waals surface area contributed by atoms with E-state index in [1.807, 2.05) is 6.92 Å². The van der Waals surface area contributed by atoms with Crippen LogP contribution in [-0.2, 0) is 38.3 Å². The van der Waals surface area contributed by atoms with E-state index < -0.39 is 66.8 Å². The number of aliphatic hydroxyl groups excluding tert-OH is 3. The fourth-order valence-electron chi connectivity index (χ4n) is 4.05. The van der Waals surface area contributed by atoms with Gasteiger partial charge >= 0.3 is 12.3 Å². The number of aliphatic imine (C=N–C) groups is 1. The minimum atomic E-state index is -4.94. The van der Waals surface area contributed by atoms with Gasteiger partial charge < -0.3 is 40.0 Å². The van der Waals surface area contributed by atoms with Gasteiger partial charge in [-0.05, 0) is 23.1 Å². The molecule has 1 unspecified atom stereocenters. The smallest absolute Gasteiger partial charge is 0.447 e. The Bertz CT molecular complexity index is 1210. The monoisotopic (exact) mass is 582 g/mol. The second-order valence-electron chi connectivity index (χ2n) is 9.24. The second kappa shape index (κ2) is 14.3. The van der Waals surface area contributed by atoms with Crippen molar-refractivity contribution < 1.29 is 52.2 Å². The Morgan fingerprint density at radius 3 is 2.20 bits per heavy atom. The van der Waals surface area contributed by atoms with E-state index in [1.165, 1.54) is 0 Å². The van der Waals surface area contributed by atoms with Gasteiger partial charge in [-0.1, -0.05) is 61.5 Å². The number of aryl methyl sites for hydroxylation is 1. The largest absolute Gasteiger partial charge is 0.508 e. The Morgan fingerprint density at radius 1 is 0.976 bits per heavy atom. The molecular formula is C28H33F3N2O8. The first-order valence-electron chi connectivity index (χ1n) is 12.7. The number of rotatable bonds is 10. The highest BCUT2D eigenvalue weighted by Crippen LogP contribution is 2.29. The fraction of sp³-hybridized carbons (Fsp3) is 0.429. The third kappa shape index (κ3) is 8.67. The van der Waals surface area contributed by atoms with Crippen molar-refractivity contribution in [1.29, 1.82) is 0 Å². The summed E-state index contributed by atoms with van der Waals surface area (Å²) in [5, 5.41) is 31.0. The molecule has 1 aliphatic heterocycles. The fourth-order valence-corrected chi connectivity index (χ4v) is 4.05. The molecule has 2 aromatic rings. The van der Waals surface area contributed by atoms with Gasteiger partial charge in [-0.15, -0.1) is 0 Å². The summed E-state index contributed by atoms with van der Waals surface area (Å²) < 4.78 is 63.2. The van der Waals surface area contributed by atoms with Crippen LogP contribution in [-0.4, -0.2) is 77.8 Å². The number of methoxy groups -OCH3 is 1. The van der Waals surface area contributed by atoms with Gasteiger partial charge in [0.15, 0.2) is 5.88 Å². The van der Waals surface area contributed by atoms with E-state index in [4.69, 9.17) is 19.9 Å². The van der Waals surface area contributed by atoms with Gasteiger partial charge in [-0.2, -0.15) is 13.2 Å². The summed E-state index contributed by atoms with van der Waals surface area (Å²) in [4.78, 5) is 15.2. The lowest BCUT2D eigenvalue weighted by Gasteiger charge is -2.40. The number of halogens is 3. The predicted molar refractivity (Wildman–Crippen MR) is 140 cm³/mol. The average molecular weight is 583 g/mol. The topological polar surface area (TPSA) is 153 Å². The molecule has 13 heteroatoms. The maximum absolute atomic E-state index is 14.4. The first-order chi connectivity index (χ1) is 19.4. The molecule has 0 aromatic heterocycles. The van der Waals surface area contributed by atoms with E-state index in [0.717, 1.165) is 19.1 Å². The molecular weight excluding hydrogens is 549 g/mol. The number of alkyl halides is 3. The van der Waals surface area contributed by atoms with Crippen molar-refractivity contribution >= 4 is 11.9 Å². The van der Waals surface area contributed by atoms with Crippen LogP contribution in [0.15, 0.2) is 71.0 Å². The lowest BCUT2D eigenvalue weighted by Crippen LogP contribution is -2.59. The molecule has 41 heavy (non-hydrogen) atoms. The first-order valence-corrected chi connectivity index (χ1v) is 12.7. The SMILES string of the molecule is CCc1ccc(CC(C(=NCc2ccccc2)C(F)(F)F)=C(N)O[C@@H]2OC(COC(=O)OC)[C@@H](O)[C@H](O)[C@H]2O)cc1. The maximum atomic E-state index is 14.4. The van der Waals surface area contributed by atoms with Crippen molar-refractivity contribution in [3.8, 4) is 0 Å². The summed E-state index contributed by atoms with van der Waals surface area (Å²) >= 11 is 0. The van der Waals surface area contributed by atoms with Crippen molar-refractivity contribution in [3.05, 3.63) is 82.7 Å². The standard InChI is InChI=1S/C28H33F3N2O8/c1-3-16-9-11-17(12-10-16)13-19(24(28(29,30)31)33-14-18-7-5-4-6-8-18)25(32)41-26-23(36)22(35)21(34)20(40-26)15-39-27(37)38-2/h4-12,20-23,26,34-36H,3,13-15,32H2,1-2H3/t20?,21-,22+,23-,26+/m1/s1. The zero-order chi connectivity index (χ0) is 30.2. The summed E-state index contributed by atoms with van der Waals surface area (Å²) in [5.74, 6) is -0.769. The molecule has 1 fully saturated rings. The van der Waals surface area contributed by atoms with E-state index in [0.29, 0.717) is 11.1 Å². The highest BCUT2D eigenvalue weighted by atomic mass is 19.4. The van der Waals surface area contributed by atoms with Crippen LogP contribution in [0.4, 0.5) is 18.0 Å². The minimum absolute atomic E-state index is 0.304. The van der Waals surface area contributed by atoms with Crippen molar-refractivity contribution in [2.45, 2.75) is 63.2 Å². The van der Waals surface area contributed by atoms with Crippen molar-refractivity contribution in [2.75, 3.05) is 13.7 Å². The highest BCUT2D eigenvalue weighted by molar-refractivity contribution is 6.04. The molecule has 10 nitrogen and oxygen atoms in total. The number of nitrogens with zero attached hydrogens (tertiary/aromatic N) is 1. The summed E-state index contributed by atoms with van der Waals surface area (Å²) in [6, 6.07) is 15.2. The van der Waals surface area contributed by atoms with Crippen molar-refractivity contribution in [1.82, 2.24) is 0 Å².